The summed E-state index contributed by atoms with van der Waals surface area (Å²) in [6, 6.07) is 10.9. The molecule has 1 aromatic carbocycles. The molecule has 0 atom stereocenters. The number of benzene rings is 1. The summed E-state index contributed by atoms with van der Waals surface area (Å²) in [7, 11) is 0. The molecule has 0 aliphatic carbocycles. The van der Waals surface area contributed by atoms with Crippen molar-refractivity contribution < 1.29 is 0 Å². The van der Waals surface area contributed by atoms with Crippen LogP contribution in [0.1, 0.15) is 12.5 Å². The summed E-state index contributed by atoms with van der Waals surface area (Å²) in [6.45, 7) is 2.30. The molecule has 0 aliphatic heterocycles. The van der Waals surface area contributed by atoms with E-state index >= 15 is 0 Å². The molecule has 0 saturated carbocycles. The molecule has 0 amide bonds. The number of rotatable bonds is 6. The topological polar surface area (TPSA) is 0 Å². The first-order valence-corrected chi connectivity index (χ1v) is 9.47. The van der Waals surface area contributed by atoms with E-state index in [1.807, 2.05) is 0 Å². The van der Waals surface area contributed by atoms with Crippen molar-refractivity contribution in [2.45, 2.75) is 28.2 Å². The SMILES string of the molecule is CC[Se]CC[Se]Cc1ccccc1. The van der Waals surface area contributed by atoms with Gasteiger partial charge in [0.2, 0.25) is 0 Å². The second-order valence-corrected chi connectivity index (χ2v) is 7.98. The van der Waals surface area contributed by atoms with Crippen LogP contribution in [0.25, 0.3) is 0 Å². The Bertz CT molecular complexity index is 209. The first-order valence-electron chi connectivity index (χ1n) is 4.63. The van der Waals surface area contributed by atoms with Crippen LogP contribution in [0.5, 0.6) is 0 Å². The van der Waals surface area contributed by atoms with Gasteiger partial charge in [-0.2, -0.15) is 0 Å². The summed E-state index contributed by atoms with van der Waals surface area (Å²) < 4.78 is 0. The third-order valence-corrected chi connectivity index (χ3v) is 7.05. The van der Waals surface area contributed by atoms with Gasteiger partial charge in [0.15, 0.2) is 0 Å². The van der Waals surface area contributed by atoms with Crippen molar-refractivity contribution in [3.63, 3.8) is 0 Å². The van der Waals surface area contributed by atoms with Gasteiger partial charge in [0, 0.05) is 0 Å². The third-order valence-electron chi connectivity index (χ3n) is 1.69. The Morgan fingerprint density at radius 1 is 1.00 bits per heavy atom. The molecule has 0 bridgehead atoms. The molecule has 13 heavy (non-hydrogen) atoms. The first kappa shape index (κ1) is 11.3. The standard InChI is InChI=1S/C11H16Se2/c1-2-12-8-9-13-10-11-6-4-3-5-7-11/h3-7H,2,8-10H2,1H3. The Hall–Kier alpha value is 0.259. The van der Waals surface area contributed by atoms with E-state index in [1.165, 1.54) is 26.8 Å². The summed E-state index contributed by atoms with van der Waals surface area (Å²) in [5, 5.41) is 5.72. The fraction of sp³-hybridized carbons (Fsp3) is 0.455. The summed E-state index contributed by atoms with van der Waals surface area (Å²) >= 11 is 1.77. The molecular weight excluding hydrogens is 290 g/mol. The van der Waals surface area contributed by atoms with Crippen LogP contribution in [0.3, 0.4) is 0 Å². The molecule has 2 heteroatoms. The van der Waals surface area contributed by atoms with Crippen molar-refractivity contribution in [2.75, 3.05) is 0 Å². The van der Waals surface area contributed by atoms with Gasteiger partial charge in [0.05, 0.1) is 0 Å². The third kappa shape index (κ3) is 5.54. The van der Waals surface area contributed by atoms with E-state index in [0.717, 1.165) is 29.9 Å². The molecule has 0 heterocycles. The maximum atomic E-state index is 2.30. The second kappa shape index (κ2) is 7.64. The molecule has 0 fully saturated rings. The Labute approximate surface area is 93.8 Å². The van der Waals surface area contributed by atoms with Crippen molar-refractivity contribution in [1.82, 2.24) is 0 Å². The summed E-state index contributed by atoms with van der Waals surface area (Å²) in [6.07, 6.45) is 0. The zero-order chi connectivity index (χ0) is 9.36. The summed E-state index contributed by atoms with van der Waals surface area (Å²) in [5.41, 5.74) is 1.52. The Kier molecular flexibility index (Phi) is 6.66. The molecule has 0 N–H and O–H groups in total. The minimum absolute atomic E-state index is 0.846. The van der Waals surface area contributed by atoms with Gasteiger partial charge in [0.25, 0.3) is 0 Å². The van der Waals surface area contributed by atoms with Crippen LogP contribution in [0, 0.1) is 0 Å². The van der Waals surface area contributed by atoms with Crippen LogP contribution in [0.4, 0.5) is 0 Å². The molecule has 0 radical (unpaired) electrons. The average molecular weight is 306 g/mol. The van der Waals surface area contributed by atoms with E-state index in [2.05, 4.69) is 37.3 Å². The minimum atomic E-state index is 0.846. The van der Waals surface area contributed by atoms with Crippen molar-refractivity contribution in [3.05, 3.63) is 35.9 Å². The van der Waals surface area contributed by atoms with Crippen molar-refractivity contribution in [2.24, 2.45) is 0 Å². The predicted octanol–water partition coefficient (Wildman–Crippen LogP) is 2.87. The molecule has 0 spiro atoms. The van der Waals surface area contributed by atoms with E-state index in [4.69, 9.17) is 0 Å². The molecule has 1 rings (SSSR count). The molecular formula is C11H16Se2. The monoisotopic (exact) mass is 308 g/mol. The van der Waals surface area contributed by atoms with E-state index in [0.29, 0.717) is 0 Å². The van der Waals surface area contributed by atoms with Crippen LogP contribution in [0.2, 0.25) is 16.0 Å². The van der Waals surface area contributed by atoms with E-state index in [1.54, 1.807) is 0 Å². The van der Waals surface area contributed by atoms with E-state index < -0.39 is 0 Å². The quantitative estimate of drug-likeness (QED) is 0.560. The second-order valence-electron chi connectivity index (χ2n) is 2.74. The van der Waals surface area contributed by atoms with Crippen LogP contribution in [0.15, 0.2) is 30.3 Å². The normalized spacial score (nSPS) is 10.2. The van der Waals surface area contributed by atoms with Gasteiger partial charge < -0.3 is 0 Å². The van der Waals surface area contributed by atoms with Gasteiger partial charge in [-0.3, -0.25) is 0 Å². The van der Waals surface area contributed by atoms with E-state index in [9.17, 15) is 0 Å². The molecule has 0 aliphatic rings. The van der Waals surface area contributed by atoms with Gasteiger partial charge in [0.1, 0.15) is 0 Å². The van der Waals surface area contributed by atoms with Gasteiger partial charge in [-0.05, 0) is 0 Å². The van der Waals surface area contributed by atoms with Gasteiger partial charge in [-0.25, -0.2) is 0 Å². The van der Waals surface area contributed by atoms with Gasteiger partial charge in [-0.15, -0.1) is 0 Å². The molecule has 72 valence electrons. The number of hydrogen-bond acceptors (Lipinski definition) is 0. The predicted molar refractivity (Wildman–Crippen MR) is 61.7 cm³/mol. The van der Waals surface area contributed by atoms with Gasteiger partial charge >= 0.3 is 94.0 Å². The molecule has 0 unspecified atom stereocenters. The molecule has 1 aromatic rings. The van der Waals surface area contributed by atoms with E-state index in [-0.39, 0.29) is 0 Å². The molecule has 0 aromatic heterocycles. The zero-order valence-corrected chi connectivity index (χ0v) is 11.5. The van der Waals surface area contributed by atoms with Crippen molar-refractivity contribution >= 4 is 29.9 Å². The van der Waals surface area contributed by atoms with Crippen LogP contribution >= 0.6 is 0 Å². The molecule has 0 saturated heterocycles. The molecule has 0 nitrogen and oxygen atoms in total. The van der Waals surface area contributed by atoms with Gasteiger partial charge in [-0.1, -0.05) is 0 Å². The summed E-state index contributed by atoms with van der Waals surface area (Å²) in [5.74, 6) is 0. The summed E-state index contributed by atoms with van der Waals surface area (Å²) in [4.78, 5) is 0. The van der Waals surface area contributed by atoms with Crippen molar-refractivity contribution in [3.8, 4) is 0 Å². The first-order chi connectivity index (χ1) is 6.43. The van der Waals surface area contributed by atoms with Crippen LogP contribution < -0.4 is 0 Å². The average Bonchev–Trinajstić information content (AvgIpc) is 2.19. The number of hydrogen-bond donors (Lipinski definition) is 0. The Balaban J connectivity index is 2.07. The Morgan fingerprint density at radius 2 is 1.69 bits per heavy atom. The maximum absolute atomic E-state index is 2.30. The fourth-order valence-electron chi connectivity index (χ4n) is 1.03. The Morgan fingerprint density at radius 3 is 2.38 bits per heavy atom. The van der Waals surface area contributed by atoms with Crippen LogP contribution in [-0.4, -0.2) is 29.9 Å². The zero-order valence-electron chi connectivity index (χ0n) is 8.03. The van der Waals surface area contributed by atoms with Crippen LogP contribution in [-0.2, 0) is 5.32 Å². The fourth-order valence-corrected chi connectivity index (χ4v) is 5.90. The van der Waals surface area contributed by atoms with Crippen molar-refractivity contribution in [1.29, 1.82) is 0 Å².